The highest BCUT2D eigenvalue weighted by Crippen LogP contribution is 2.26. The maximum absolute atomic E-state index is 12.3. The third kappa shape index (κ3) is 3.17. The number of methoxy groups -OCH3 is 2. The maximum Gasteiger partial charge on any atom is 0.254 e. The third-order valence-electron chi connectivity index (χ3n) is 3.87. The molecule has 24 heavy (non-hydrogen) atoms. The Labute approximate surface area is 140 Å². The lowest BCUT2D eigenvalue weighted by atomic mass is 10.1. The van der Waals surface area contributed by atoms with Crippen LogP contribution in [0.3, 0.4) is 0 Å². The lowest BCUT2D eigenvalue weighted by molar-refractivity contribution is -0.116. The van der Waals surface area contributed by atoms with Crippen LogP contribution in [0.4, 0.5) is 5.69 Å². The molecule has 0 atom stereocenters. The van der Waals surface area contributed by atoms with Crippen molar-refractivity contribution >= 4 is 17.5 Å². The molecule has 0 aromatic heterocycles. The van der Waals surface area contributed by atoms with Gasteiger partial charge >= 0.3 is 0 Å². The highest BCUT2D eigenvalue weighted by atomic mass is 16.5. The molecule has 6 nitrogen and oxygen atoms in total. The Balaban J connectivity index is 1.68. The predicted molar refractivity (Wildman–Crippen MR) is 89.4 cm³/mol. The number of hydrogen-bond donors (Lipinski definition) is 1. The van der Waals surface area contributed by atoms with Gasteiger partial charge in [-0.05, 0) is 11.6 Å². The first-order chi connectivity index (χ1) is 11.6. The van der Waals surface area contributed by atoms with Crippen LogP contribution in [0.2, 0.25) is 0 Å². The molecule has 124 valence electrons. The van der Waals surface area contributed by atoms with Crippen LogP contribution in [0.1, 0.15) is 15.9 Å². The molecule has 0 spiro atoms. The molecular weight excluding hydrogens is 308 g/mol. The highest BCUT2D eigenvalue weighted by molar-refractivity contribution is 6.02. The molecule has 0 radical (unpaired) electrons. The van der Waals surface area contributed by atoms with Gasteiger partial charge in [-0.2, -0.15) is 0 Å². The zero-order chi connectivity index (χ0) is 17.1. The number of carbonyl (C=O) groups excluding carboxylic acids is 2. The third-order valence-corrected chi connectivity index (χ3v) is 3.87. The summed E-state index contributed by atoms with van der Waals surface area (Å²) in [6.07, 6.45) is 0. The lowest BCUT2D eigenvalue weighted by Gasteiger charge is -2.16. The van der Waals surface area contributed by atoms with Crippen molar-refractivity contribution in [3.63, 3.8) is 0 Å². The molecule has 6 heteroatoms. The van der Waals surface area contributed by atoms with Crippen molar-refractivity contribution in [2.45, 2.75) is 6.54 Å². The van der Waals surface area contributed by atoms with Gasteiger partial charge in [-0.1, -0.05) is 18.2 Å². The fourth-order valence-corrected chi connectivity index (χ4v) is 2.70. The van der Waals surface area contributed by atoms with Crippen LogP contribution >= 0.6 is 0 Å². The van der Waals surface area contributed by atoms with Crippen LogP contribution in [0.25, 0.3) is 0 Å². The Bertz CT molecular complexity index is 766. The largest absolute Gasteiger partial charge is 0.497 e. The summed E-state index contributed by atoms with van der Waals surface area (Å²) < 4.78 is 10.4. The molecule has 0 bridgehead atoms. The van der Waals surface area contributed by atoms with E-state index in [-0.39, 0.29) is 18.4 Å². The molecule has 0 saturated heterocycles. The second-order valence-electron chi connectivity index (χ2n) is 5.47. The number of nitrogens with zero attached hydrogens (tertiary/aromatic N) is 1. The van der Waals surface area contributed by atoms with E-state index in [2.05, 4.69) is 5.32 Å². The van der Waals surface area contributed by atoms with Crippen molar-refractivity contribution < 1.29 is 19.1 Å². The van der Waals surface area contributed by atoms with Crippen molar-refractivity contribution in [1.82, 2.24) is 4.90 Å². The standard InChI is InChI=1S/C18H18N2O4/c1-23-14-7-13(8-15(9-14)24-2)19-17(21)11-20-10-12-5-3-4-6-16(12)18(20)22/h3-9H,10-11H2,1-2H3,(H,19,21). The van der Waals surface area contributed by atoms with Crippen LogP contribution in [0, 0.1) is 0 Å². The van der Waals surface area contributed by atoms with Gasteiger partial charge in [0.15, 0.2) is 0 Å². The minimum Gasteiger partial charge on any atom is -0.497 e. The van der Waals surface area contributed by atoms with Crippen molar-refractivity contribution in [1.29, 1.82) is 0 Å². The second kappa shape index (κ2) is 6.62. The van der Waals surface area contributed by atoms with Gasteiger partial charge in [0.1, 0.15) is 18.0 Å². The zero-order valence-electron chi connectivity index (χ0n) is 13.5. The van der Waals surface area contributed by atoms with Crippen molar-refractivity contribution in [2.75, 3.05) is 26.1 Å². The summed E-state index contributed by atoms with van der Waals surface area (Å²) >= 11 is 0. The zero-order valence-corrected chi connectivity index (χ0v) is 13.5. The van der Waals surface area contributed by atoms with Crippen LogP contribution in [-0.2, 0) is 11.3 Å². The van der Waals surface area contributed by atoms with Crippen LogP contribution in [0.5, 0.6) is 11.5 Å². The molecule has 1 aliphatic heterocycles. The quantitative estimate of drug-likeness (QED) is 0.915. The predicted octanol–water partition coefficient (Wildman–Crippen LogP) is 2.30. The molecule has 0 aliphatic carbocycles. The monoisotopic (exact) mass is 326 g/mol. The molecule has 2 amide bonds. The van der Waals surface area contributed by atoms with E-state index in [1.807, 2.05) is 18.2 Å². The number of nitrogens with one attached hydrogen (secondary N) is 1. The van der Waals surface area contributed by atoms with E-state index in [1.165, 1.54) is 4.90 Å². The first-order valence-electron chi connectivity index (χ1n) is 7.51. The minimum atomic E-state index is -0.272. The summed E-state index contributed by atoms with van der Waals surface area (Å²) in [5.41, 5.74) is 2.16. The molecular formula is C18H18N2O4. The molecule has 2 aromatic rings. The molecule has 2 aromatic carbocycles. The molecule has 0 saturated carbocycles. The summed E-state index contributed by atoms with van der Waals surface area (Å²) in [6.45, 7) is 0.441. The normalized spacial score (nSPS) is 12.8. The summed E-state index contributed by atoms with van der Waals surface area (Å²) in [5, 5.41) is 2.77. The molecule has 1 N–H and O–H groups in total. The van der Waals surface area contributed by atoms with E-state index < -0.39 is 0 Å². The summed E-state index contributed by atoms with van der Waals surface area (Å²) in [4.78, 5) is 26.1. The summed E-state index contributed by atoms with van der Waals surface area (Å²) in [7, 11) is 3.08. The second-order valence-corrected chi connectivity index (χ2v) is 5.47. The maximum atomic E-state index is 12.3. The number of hydrogen-bond acceptors (Lipinski definition) is 4. The summed E-state index contributed by atoms with van der Waals surface area (Å²) in [6, 6.07) is 12.5. The van der Waals surface area contributed by atoms with Gasteiger partial charge in [0.05, 0.1) is 14.2 Å². The molecule has 1 aliphatic rings. The average molecular weight is 326 g/mol. The fourth-order valence-electron chi connectivity index (χ4n) is 2.70. The topological polar surface area (TPSA) is 67.9 Å². The van der Waals surface area contributed by atoms with Gasteiger partial charge in [0.2, 0.25) is 5.91 Å². The Morgan fingerprint density at radius 3 is 2.42 bits per heavy atom. The number of ether oxygens (including phenoxy) is 2. The number of rotatable bonds is 5. The van der Waals surface area contributed by atoms with E-state index >= 15 is 0 Å². The van der Waals surface area contributed by atoms with Gasteiger partial charge < -0.3 is 19.7 Å². The first-order valence-corrected chi connectivity index (χ1v) is 7.51. The Morgan fingerprint density at radius 2 is 1.79 bits per heavy atom. The smallest absolute Gasteiger partial charge is 0.254 e. The van der Waals surface area contributed by atoms with Gasteiger partial charge in [0, 0.05) is 36.0 Å². The number of fused-ring (bicyclic) bond motifs is 1. The Hall–Kier alpha value is -3.02. The van der Waals surface area contributed by atoms with E-state index in [0.717, 1.165) is 5.56 Å². The fraction of sp³-hybridized carbons (Fsp3) is 0.222. The van der Waals surface area contributed by atoms with Crippen LogP contribution in [0.15, 0.2) is 42.5 Å². The van der Waals surface area contributed by atoms with E-state index in [9.17, 15) is 9.59 Å². The summed E-state index contributed by atoms with van der Waals surface area (Å²) in [5.74, 6) is 0.763. The number of carbonyl (C=O) groups is 2. The van der Waals surface area contributed by atoms with Crippen molar-refractivity contribution in [2.24, 2.45) is 0 Å². The highest BCUT2D eigenvalue weighted by Gasteiger charge is 2.28. The van der Waals surface area contributed by atoms with Gasteiger partial charge in [-0.15, -0.1) is 0 Å². The van der Waals surface area contributed by atoms with Crippen molar-refractivity contribution in [3.8, 4) is 11.5 Å². The van der Waals surface area contributed by atoms with Crippen LogP contribution < -0.4 is 14.8 Å². The average Bonchev–Trinajstić information content (AvgIpc) is 2.90. The van der Waals surface area contributed by atoms with E-state index in [0.29, 0.717) is 29.3 Å². The number of amides is 2. The first kappa shape index (κ1) is 15.9. The molecule has 0 unspecified atom stereocenters. The van der Waals surface area contributed by atoms with Gasteiger partial charge in [-0.3, -0.25) is 9.59 Å². The Morgan fingerprint density at radius 1 is 1.12 bits per heavy atom. The number of anilines is 1. The molecule has 1 heterocycles. The van der Waals surface area contributed by atoms with E-state index in [1.54, 1.807) is 38.5 Å². The van der Waals surface area contributed by atoms with E-state index in [4.69, 9.17) is 9.47 Å². The lowest BCUT2D eigenvalue weighted by Crippen LogP contribution is -2.33. The molecule has 3 rings (SSSR count). The minimum absolute atomic E-state index is 0.00691. The molecule has 0 fully saturated rings. The van der Waals surface area contributed by atoms with Gasteiger partial charge in [0.25, 0.3) is 5.91 Å². The van der Waals surface area contributed by atoms with Crippen LogP contribution in [-0.4, -0.2) is 37.5 Å². The van der Waals surface area contributed by atoms with Gasteiger partial charge in [-0.25, -0.2) is 0 Å². The SMILES string of the molecule is COc1cc(NC(=O)CN2Cc3ccccc3C2=O)cc(OC)c1. The Kier molecular flexibility index (Phi) is 4.37. The number of benzene rings is 2. The van der Waals surface area contributed by atoms with Crippen molar-refractivity contribution in [3.05, 3.63) is 53.6 Å².